The number of rotatable bonds is 8. The van der Waals surface area contributed by atoms with E-state index < -0.39 is 24.0 Å². The molecule has 0 saturated heterocycles. The second-order valence-electron chi connectivity index (χ2n) is 7.05. The van der Waals surface area contributed by atoms with Crippen molar-refractivity contribution < 1.29 is 24.6 Å². The van der Waals surface area contributed by atoms with Gasteiger partial charge < -0.3 is 21.3 Å². The molecule has 0 heterocycles. The summed E-state index contributed by atoms with van der Waals surface area (Å²) in [4.78, 5) is 33.6. The van der Waals surface area contributed by atoms with Crippen LogP contribution < -0.4 is 11.1 Å². The van der Waals surface area contributed by atoms with Gasteiger partial charge in [0.05, 0.1) is 0 Å². The lowest BCUT2D eigenvalue weighted by atomic mass is 10.1. The number of carboxylic acids is 2. The van der Waals surface area contributed by atoms with E-state index in [-0.39, 0.29) is 12.3 Å². The Morgan fingerprint density at radius 1 is 0.688 bits per heavy atom. The van der Waals surface area contributed by atoms with Crippen LogP contribution >= 0.6 is 0 Å². The molecular weight excluding hydrogens is 408 g/mol. The van der Waals surface area contributed by atoms with Crippen LogP contribution in [0.25, 0.3) is 0 Å². The molecule has 3 aromatic carbocycles. The van der Waals surface area contributed by atoms with Crippen molar-refractivity contribution in [3.05, 3.63) is 108 Å². The minimum Gasteiger partial charge on any atom is -0.480 e. The minimum absolute atomic E-state index is 0.259. The van der Waals surface area contributed by atoms with Crippen LogP contribution in [0.3, 0.4) is 0 Å². The van der Waals surface area contributed by atoms with E-state index in [4.69, 9.17) is 10.8 Å². The molecule has 1 amide bonds. The van der Waals surface area contributed by atoms with Crippen LogP contribution in [-0.2, 0) is 22.4 Å². The Hall–Kier alpha value is -3.97. The second-order valence-corrected chi connectivity index (χ2v) is 7.05. The molecular formula is C25H26N2O5. The van der Waals surface area contributed by atoms with Crippen molar-refractivity contribution in [3.63, 3.8) is 0 Å². The molecule has 0 saturated carbocycles. The molecule has 7 heteroatoms. The normalized spacial score (nSPS) is 11.9. The van der Waals surface area contributed by atoms with Crippen molar-refractivity contribution in [1.82, 2.24) is 5.32 Å². The Morgan fingerprint density at radius 3 is 1.56 bits per heavy atom. The molecule has 5 N–H and O–H groups in total. The third-order valence-corrected chi connectivity index (χ3v) is 4.54. The molecule has 0 aliphatic rings. The SMILES string of the molecule is N[C@H](Cc1ccccc1)C(=O)O.O=C(N[C@@H](Cc1ccccc1)C(=O)O)c1ccccc1. The Bertz CT molecular complexity index is 995. The summed E-state index contributed by atoms with van der Waals surface area (Å²) in [5.41, 5.74) is 7.62. The Morgan fingerprint density at radius 2 is 1.12 bits per heavy atom. The van der Waals surface area contributed by atoms with Gasteiger partial charge in [0.2, 0.25) is 0 Å². The summed E-state index contributed by atoms with van der Waals surface area (Å²) in [6.45, 7) is 0. The number of aliphatic carboxylic acids is 2. The monoisotopic (exact) mass is 434 g/mol. The predicted molar refractivity (Wildman–Crippen MR) is 121 cm³/mol. The maximum Gasteiger partial charge on any atom is 0.326 e. The fraction of sp³-hybridized carbons (Fsp3) is 0.160. The average Bonchev–Trinajstić information content (AvgIpc) is 2.81. The lowest BCUT2D eigenvalue weighted by Crippen LogP contribution is -2.42. The topological polar surface area (TPSA) is 130 Å². The van der Waals surface area contributed by atoms with Gasteiger partial charge in [-0.05, 0) is 29.7 Å². The van der Waals surface area contributed by atoms with Crippen LogP contribution in [-0.4, -0.2) is 40.1 Å². The first-order valence-electron chi connectivity index (χ1n) is 10.0. The summed E-state index contributed by atoms with van der Waals surface area (Å²) in [5.74, 6) is -2.38. The second kappa shape index (κ2) is 12.7. The van der Waals surface area contributed by atoms with E-state index >= 15 is 0 Å². The largest absolute Gasteiger partial charge is 0.480 e. The zero-order chi connectivity index (χ0) is 23.3. The zero-order valence-corrected chi connectivity index (χ0v) is 17.4. The number of hydrogen-bond acceptors (Lipinski definition) is 4. The molecule has 166 valence electrons. The first-order chi connectivity index (χ1) is 15.4. The van der Waals surface area contributed by atoms with E-state index in [1.54, 1.807) is 30.3 Å². The highest BCUT2D eigenvalue weighted by Gasteiger charge is 2.20. The molecule has 0 bridgehead atoms. The van der Waals surface area contributed by atoms with Crippen LogP contribution in [0.15, 0.2) is 91.0 Å². The highest BCUT2D eigenvalue weighted by atomic mass is 16.4. The van der Waals surface area contributed by atoms with Gasteiger partial charge in [-0.15, -0.1) is 0 Å². The van der Waals surface area contributed by atoms with Crippen molar-refractivity contribution in [2.24, 2.45) is 5.73 Å². The molecule has 0 aliphatic heterocycles. The van der Waals surface area contributed by atoms with Crippen LogP contribution in [0.4, 0.5) is 0 Å². The molecule has 32 heavy (non-hydrogen) atoms. The summed E-state index contributed by atoms with van der Waals surface area (Å²) in [6.07, 6.45) is 0.644. The average molecular weight is 434 g/mol. The van der Waals surface area contributed by atoms with Gasteiger partial charge in [0.25, 0.3) is 5.91 Å². The minimum atomic E-state index is -1.04. The summed E-state index contributed by atoms with van der Waals surface area (Å²) >= 11 is 0. The van der Waals surface area contributed by atoms with E-state index in [0.29, 0.717) is 12.0 Å². The van der Waals surface area contributed by atoms with Crippen LogP contribution in [0, 0.1) is 0 Å². The van der Waals surface area contributed by atoms with Crippen molar-refractivity contribution in [2.75, 3.05) is 0 Å². The smallest absolute Gasteiger partial charge is 0.326 e. The third-order valence-electron chi connectivity index (χ3n) is 4.54. The number of carboxylic acid groups (broad SMARTS) is 2. The molecule has 0 fully saturated rings. The molecule has 0 aliphatic carbocycles. The van der Waals surface area contributed by atoms with Crippen LogP contribution in [0.1, 0.15) is 21.5 Å². The van der Waals surface area contributed by atoms with Crippen molar-refractivity contribution >= 4 is 17.8 Å². The van der Waals surface area contributed by atoms with E-state index in [1.807, 2.05) is 60.7 Å². The molecule has 0 aromatic heterocycles. The highest BCUT2D eigenvalue weighted by molar-refractivity contribution is 5.96. The number of amides is 1. The highest BCUT2D eigenvalue weighted by Crippen LogP contribution is 2.05. The van der Waals surface area contributed by atoms with Crippen molar-refractivity contribution in [3.8, 4) is 0 Å². The summed E-state index contributed by atoms with van der Waals surface area (Å²) in [7, 11) is 0. The zero-order valence-electron chi connectivity index (χ0n) is 17.4. The Labute approximate surface area is 186 Å². The standard InChI is InChI=1S/C16H15NO3.C9H11NO2/c18-15(13-9-5-2-6-10-13)17-14(16(19)20)11-12-7-3-1-4-8-12;10-8(9(11)12)6-7-4-2-1-3-5-7/h1-10,14H,11H2,(H,17,18)(H,19,20);1-5,8H,6,10H2,(H,11,12)/t14-;8-/m01/s1. The first kappa shape index (κ1) is 24.3. The third kappa shape index (κ3) is 8.41. The number of carbonyl (C=O) groups is 3. The van der Waals surface area contributed by atoms with Gasteiger partial charge in [-0.2, -0.15) is 0 Å². The molecule has 3 rings (SSSR count). The number of hydrogen-bond donors (Lipinski definition) is 4. The number of benzene rings is 3. The Balaban J connectivity index is 0.000000258. The molecule has 0 spiro atoms. The maximum atomic E-state index is 12.0. The Kier molecular flexibility index (Phi) is 9.62. The molecule has 0 radical (unpaired) electrons. The molecule has 3 aromatic rings. The van der Waals surface area contributed by atoms with Crippen LogP contribution in [0.5, 0.6) is 0 Å². The van der Waals surface area contributed by atoms with Gasteiger partial charge in [-0.3, -0.25) is 9.59 Å². The van der Waals surface area contributed by atoms with Crippen LogP contribution in [0.2, 0.25) is 0 Å². The predicted octanol–water partition coefficient (Wildman–Crippen LogP) is 2.75. The van der Waals surface area contributed by atoms with Gasteiger partial charge >= 0.3 is 11.9 Å². The number of nitrogens with one attached hydrogen (secondary N) is 1. The number of nitrogens with two attached hydrogens (primary N) is 1. The quantitative estimate of drug-likeness (QED) is 0.431. The van der Waals surface area contributed by atoms with Gasteiger partial charge in [0.1, 0.15) is 12.1 Å². The summed E-state index contributed by atoms with van der Waals surface area (Å²) in [6, 6.07) is 25.4. The molecule has 7 nitrogen and oxygen atoms in total. The van der Waals surface area contributed by atoms with E-state index in [0.717, 1.165) is 11.1 Å². The lowest BCUT2D eigenvalue weighted by molar-refractivity contribution is -0.139. The fourth-order valence-corrected chi connectivity index (χ4v) is 2.84. The van der Waals surface area contributed by atoms with Gasteiger partial charge in [0.15, 0.2) is 0 Å². The van der Waals surface area contributed by atoms with Gasteiger partial charge in [-0.25, -0.2) is 4.79 Å². The fourth-order valence-electron chi connectivity index (χ4n) is 2.84. The summed E-state index contributed by atoms with van der Waals surface area (Å²) in [5, 5.41) is 20.3. The lowest BCUT2D eigenvalue weighted by Gasteiger charge is -2.14. The maximum absolute atomic E-state index is 12.0. The van der Waals surface area contributed by atoms with E-state index in [9.17, 15) is 19.5 Å². The molecule has 0 unspecified atom stereocenters. The van der Waals surface area contributed by atoms with Crippen molar-refractivity contribution in [2.45, 2.75) is 24.9 Å². The summed E-state index contributed by atoms with van der Waals surface area (Å²) < 4.78 is 0. The molecule has 2 atom stereocenters. The van der Waals surface area contributed by atoms with E-state index in [2.05, 4.69) is 5.32 Å². The first-order valence-corrected chi connectivity index (χ1v) is 10.0. The van der Waals surface area contributed by atoms with Crippen molar-refractivity contribution in [1.29, 1.82) is 0 Å². The number of carbonyl (C=O) groups excluding carboxylic acids is 1. The van der Waals surface area contributed by atoms with Gasteiger partial charge in [-0.1, -0.05) is 78.9 Å². The van der Waals surface area contributed by atoms with E-state index in [1.165, 1.54) is 0 Å². The van der Waals surface area contributed by atoms with Gasteiger partial charge in [0, 0.05) is 12.0 Å².